The van der Waals surface area contributed by atoms with Crippen LogP contribution < -0.4 is 22.2 Å². The molecule has 0 radical (unpaired) electrons. The lowest BCUT2D eigenvalue weighted by Crippen LogP contribution is -2.25. The fourth-order valence-corrected chi connectivity index (χ4v) is 13.2. The molecule has 6 heterocycles. The van der Waals surface area contributed by atoms with Gasteiger partial charge in [0, 0.05) is 35.4 Å². The second-order valence-corrected chi connectivity index (χ2v) is 23.9. The van der Waals surface area contributed by atoms with Crippen LogP contribution in [0, 0.1) is 0 Å². The standard InChI is InChI=1S/C80H56N10O12/c1-7-67(91)99-45(5)73-81-59-29-17-21-33-63(59)85(73)49-37-50(86-64-34-22-18-30-60(64)82-74(86)46(6)100-68(92)8-2)40-53(39-49)89-77(95)55-43-57-58(44-56(55)78(89)96)80(98)90(79(57)97)54-41-51(87-65-35-23-19-31-61(65)83-75(87)71(101-69(93)9-3)47-25-13-11-14-26-47)38-52(42-54)88-66-36-24-20-32-62(66)84-76(88)72(102-70(94)10-4)48-27-15-12-16-28-48/h7-46,71-72H,1-4H2,5-6H3. The van der Waals surface area contributed by atoms with Gasteiger partial charge in [-0.05, 0) is 111 Å². The molecule has 0 aliphatic rings. The number of benzene rings is 9. The zero-order valence-corrected chi connectivity index (χ0v) is 54.4. The molecule has 102 heavy (non-hydrogen) atoms. The van der Waals surface area contributed by atoms with E-state index < -0.39 is 70.5 Å². The van der Waals surface area contributed by atoms with Gasteiger partial charge in [-0.15, -0.1) is 0 Å². The first kappa shape index (κ1) is 64.0. The summed E-state index contributed by atoms with van der Waals surface area (Å²) < 4.78 is 32.7. The number of para-hydroxylation sites is 8. The van der Waals surface area contributed by atoms with Gasteiger partial charge in [-0.25, -0.2) is 48.2 Å². The van der Waals surface area contributed by atoms with E-state index in [2.05, 4.69) is 26.3 Å². The van der Waals surface area contributed by atoms with Gasteiger partial charge in [-0.2, -0.15) is 0 Å². The SMILES string of the molecule is C=CC(=O)OC(C)c1nc2ccccc2n1-c1cc(-n2c(=O)c3cc4c(=O)n(-c5cc(-n6c(C(OC(=O)C=C)c7ccccc7)nc7ccccc76)cc(-n6c(C(OC(=O)C=C)c7ccccc7)nc7ccccc76)c5)c(=O)c4cc3c2=O)cc(-n2c(C(C)OC(=O)C=C)nc3ccccc32)c1. The lowest BCUT2D eigenvalue weighted by molar-refractivity contribution is -0.143. The fourth-order valence-electron chi connectivity index (χ4n) is 13.2. The molecule has 0 aliphatic carbocycles. The van der Waals surface area contributed by atoms with E-state index >= 15 is 19.2 Å². The van der Waals surface area contributed by atoms with Crippen LogP contribution >= 0.6 is 0 Å². The topological polar surface area (TPSA) is 255 Å². The minimum Gasteiger partial charge on any atom is -0.451 e. The summed E-state index contributed by atoms with van der Waals surface area (Å²) in [5.41, 5.74) is 2.98. The molecular weight excluding hydrogens is 1290 g/mol. The molecule has 15 rings (SSSR count). The van der Waals surface area contributed by atoms with Crippen LogP contribution in [0.5, 0.6) is 0 Å². The first-order valence-electron chi connectivity index (χ1n) is 32.1. The van der Waals surface area contributed by atoms with Crippen LogP contribution in [0.2, 0.25) is 0 Å². The van der Waals surface area contributed by atoms with Crippen LogP contribution in [0.3, 0.4) is 0 Å². The average Bonchev–Trinajstić information content (AvgIpc) is 1.56. The second-order valence-electron chi connectivity index (χ2n) is 23.9. The lowest BCUT2D eigenvalue weighted by atomic mass is 10.1. The quantitative estimate of drug-likeness (QED) is 0.0390. The molecular formula is C80H56N10O12. The van der Waals surface area contributed by atoms with Crippen molar-refractivity contribution in [2.75, 3.05) is 0 Å². The highest BCUT2D eigenvalue weighted by Crippen LogP contribution is 2.39. The van der Waals surface area contributed by atoms with Gasteiger partial charge in [0.25, 0.3) is 22.2 Å². The van der Waals surface area contributed by atoms with Crippen molar-refractivity contribution in [2.45, 2.75) is 38.3 Å². The van der Waals surface area contributed by atoms with Gasteiger partial charge in [0.1, 0.15) is 0 Å². The van der Waals surface area contributed by atoms with Crippen molar-refractivity contribution >= 4 is 89.6 Å². The third kappa shape index (κ3) is 11.0. The predicted molar refractivity (Wildman–Crippen MR) is 385 cm³/mol. The van der Waals surface area contributed by atoms with E-state index in [1.165, 1.54) is 12.1 Å². The van der Waals surface area contributed by atoms with Crippen molar-refractivity contribution in [3.8, 4) is 34.1 Å². The zero-order valence-electron chi connectivity index (χ0n) is 54.4. The number of imidazole rings is 4. The number of hydrogen-bond donors (Lipinski definition) is 0. The van der Waals surface area contributed by atoms with Gasteiger partial charge in [0.05, 0.1) is 99.8 Å². The molecule has 6 aromatic heterocycles. The highest BCUT2D eigenvalue weighted by molar-refractivity contribution is 5.99. The summed E-state index contributed by atoms with van der Waals surface area (Å²) >= 11 is 0. The highest BCUT2D eigenvalue weighted by atomic mass is 16.6. The number of fused-ring (bicyclic) bond motifs is 6. The number of aromatic nitrogens is 10. The Morgan fingerprint density at radius 3 is 0.833 bits per heavy atom. The number of hydrogen-bond acceptors (Lipinski definition) is 16. The number of carbonyl (C=O) groups is 4. The normalized spacial score (nSPS) is 12.7. The van der Waals surface area contributed by atoms with Crippen molar-refractivity contribution in [2.24, 2.45) is 0 Å². The molecule has 22 nitrogen and oxygen atoms in total. The summed E-state index contributed by atoms with van der Waals surface area (Å²) in [6.07, 6.45) is -0.171. The number of carbonyl (C=O) groups excluding carboxylic acids is 4. The summed E-state index contributed by atoms with van der Waals surface area (Å²) in [7, 11) is 0. The van der Waals surface area contributed by atoms with Crippen LogP contribution in [0.1, 0.15) is 72.7 Å². The van der Waals surface area contributed by atoms with Crippen LogP contribution in [-0.4, -0.2) is 71.2 Å². The fraction of sp³-hybridized carbons (Fsp3) is 0.0750. The molecule has 0 N–H and O–H groups in total. The third-order valence-corrected chi connectivity index (χ3v) is 17.7. The molecule has 22 heteroatoms. The Hall–Kier alpha value is -14.0. The van der Waals surface area contributed by atoms with Crippen molar-refractivity contribution in [1.82, 2.24) is 47.3 Å². The molecule has 4 unspecified atom stereocenters. The van der Waals surface area contributed by atoms with Gasteiger partial charge >= 0.3 is 23.9 Å². The van der Waals surface area contributed by atoms with E-state index in [1.807, 2.05) is 24.3 Å². The Kier molecular flexibility index (Phi) is 16.2. The summed E-state index contributed by atoms with van der Waals surface area (Å²) in [6, 6.07) is 59.0. The number of nitrogens with zero attached hydrogens (tertiary/aromatic N) is 10. The van der Waals surface area contributed by atoms with E-state index in [0.717, 1.165) is 33.4 Å². The largest absolute Gasteiger partial charge is 0.451 e. The summed E-state index contributed by atoms with van der Waals surface area (Å²) in [5.74, 6) is -2.01. The molecule has 15 aromatic rings. The smallest absolute Gasteiger partial charge is 0.331 e. The molecule has 0 saturated carbocycles. The summed E-state index contributed by atoms with van der Waals surface area (Å²) in [6.45, 7) is 17.8. The van der Waals surface area contributed by atoms with E-state index in [4.69, 9.17) is 38.9 Å². The second kappa shape index (κ2) is 25.8. The van der Waals surface area contributed by atoms with Crippen LogP contribution in [0.15, 0.2) is 276 Å². The maximum absolute atomic E-state index is 15.7. The Morgan fingerprint density at radius 1 is 0.314 bits per heavy atom. The maximum Gasteiger partial charge on any atom is 0.331 e. The maximum atomic E-state index is 15.7. The molecule has 0 amide bonds. The molecule has 0 fully saturated rings. The van der Waals surface area contributed by atoms with E-state index in [1.54, 1.807) is 202 Å². The Labute approximate surface area is 577 Å². The minimum atomic E-state index is -1.17. The first-order valence-corrected chi connectivity index (χ1v) is 32.1. The average molecular weight is 1350 g/mol. The van der Waals surface area contributed by atoms with E-state index in [-0.39, 0.29) is 67.6 Å². The Bertz CT molecular complexity index is 5900. The molecule has 0 bridgehead atoms. The Morgan fingerprint density at radius 2 is 0.549 bits per heavy atom. The summed E-state index contributed by atoms with van der Waals surface area (Å²) in [4.78, 5) is 135. The van der Waals surface area contributed by atoms with Crippen LogP contribution in [0.25, 0.3) is 99.8 Å². The van der Waals surface area contributed by atoms with Gasteiger partial charge in [0.15, 0.2) is 47.7 Å². The monoisotopic (exact) mass is 1350 g/mol. The van der Waals surface area contributed by atoms with Crippen molar-refractivity contribution in [3.05, 3.63) is 333 Å². The van der Waals surface area contributed by atoms with Crippen LogP contribution in [-0.2, 0) is 38.1 Å². The molecule has 0 saturated heterocycles. The number of esters is 4. The molecule has 9 aromatic carbocycles. The first-order chi connectivity index (χ1) is 49.5. The van der Waals surface area contributed by atoms with E-state index in [9.17, 15) is 19.2 Å². The number of rotatable bonds is 20. The van der Waals surface area contributed by atoms with Gasteiger partial charge in [0.2, 0.25) is 0 Å². The molecule has 0 spiro atoms. The van der Waals surface area contributed by atoms with Gasteiger partial charge < -0.3 is 18.9 Å². The van der Waals surface area contributed by atoms with Gasteiger partial charge in [-0.1, -0.05) is 136 Å². The van der Waals surface area contributed by atoms with Crippen molar-refractivity contribution < 1.29 is 38.1 Å². The minimum absolute atomic E-state index is 0.0106. The highest BCUT2D eigenvalue weighted by Gasteiger charge is 2.32. The molecule has 4 atom stereocenters. The van der Waals surface area contributed by atoms with Crippen molar-refractivity contribution in [1.29, 1.82) is 0 Å². The number of ether oxygens (including phenoxy) is 4. The Balaban J connectivity index is 0.973. The predicted octanol–water partition coefficient (Wildman–Crippen LogP) is 12.5. The van der Waals surface area contributed by atoms with Crippen LogP contribution in [0.4, 0.5) is 0 Å². The molecule has 0 aliphatic heterocycles. The van der Waals surface area contributed by atoms with E-state index in [0.29, 0.717) is 66.6 Å². The summed E-state index contributed by atoms with van der Waals surface area (Å²) in [5, 5.41) is -0.818. The zero-order chi connectivity index (χ0) is 70.8. The molecule has 498 valence electrons. The lowest BCUT2D eigenvalue weighted by Gasteiger charge is -2.22. The van der Waals surface area contributed by atoms with Gasteiger partial charge in [-0.3, -0.25) is 37.4 Å². The van der Waals surface area contributed by atoms with Crippen molar-refractivity contribution in [3.63, 3.8) is 0 Å². The third-order valence-electron chi connectivity index (χ3n) is 17.7.